The van der Waals surface area contributed by atoms with Gasteiger partial charge in [-0.3, -0.25) is 9.69 Å². The van der Waals surface area contributed by atoms with E-state index in [-0.39, 0.29) is 6.54 Å². The maximum absolute atomic E-state index is 14.0. The minimum absolute atomic E-state index is 0.276. The van der Waals surface area contributed by atoms with Crippen LogP contribution in [0.1, 0.15) is 62.5 Å². The third-order valence-electron chi connectivity index (χ3n) is 4.71. The second-order valence-electron chi connectivity index (χ2n) is 8.34. The number of piperidine rings is 1. The van der Waals surface area contributed by atoms with Gasteiger partial charge in [-0.15, -0.1) is 0 Å². The largest absolute Gasteiger partial charge is 0.465 e. The zero-order chi connectivity index (χ0) is 22.7. The number of hydrogen-bond acceptors (Lipinski definition) is 5. The molecule has 0 radical (unpaired) electrons. The van der Waals surface area contributed by atoms with Gasteiger partial charge in [0.1, 0.15) is 11.6 Å². The summed E-state index contributed by atoms with van der Waals surface area (Å²) in [6.07, 6.45) is -2.10. The maximum atomic E-state index is 14.0. The monoisotopic (exact) mass is 426 g/mol. The average Bonchev–Trinajstić information content (AvgIpc) is 2.65. The minimum Gasteiger partial charge on any atom is -0.465 e. The van der Waals surface area contributed by atoms with Crippen molar-refractivity contribution in [3.05, 3.63) is 35.4 Å². The fourth-order valence-corrected chi connectivity index (χ4v) is 3.13. The fourth-order valence-electron chi connectivity index (χ4n) is 3.13. The molecule has 2 rings (SSSR count). The number of nitrogens with zero attached hydrogens (tertiary/aromatic N) is 1. The summed E-state index contributed by atoms with van der Waals surface area (Å²) in [5, 5.41) is 2.68. The molecule has 1 saturated heterocycles. The van der Waals surface area contributed by atoms with E-state index >= 15 is 0 Å². The number of hydrogen-bond donors (Lipinski definition) is 1. The van der Waals surface area contributed by atoms with E-state index in [0.29, 0.717) is 11.1 Å². The summed E-state index contributed by atoms with van der Waals surface area (Å²) in [5.41, 5.74) is 0.206. The molecule has 1 aliphatic heterocycles. The highest BCUT2D eigenvalue weighted by molar-refractivity contribution is 5.89. The number of carbonyl (C=O) groups excluding carboxylic acids is 3. The Morgan fingerprint density at radius 1 is 1.20 bits per heavy atom. The summed E-state index contributed by atoms with van der Waals surface area (Å²) in [6, 6.07) is 4.49. The number of methoxy groups -OCH3 is 1. The third kappa shape index (κ3) is 6.14. The van der Waals surface area contributed by atoms with Gasteiger partial charge >= 0.3 is 12.1 Å². The van der Waals surface area contributed by atoms with Crippen molar-refractivity contribution in [3.63, 3.8) is 0 Å². The first-order chi connectivity index (χ1) is 13.8. The van der Waals surface area contributed by atoms with E-state index in [1.165, 1.54) is 7.11 Å². The van der Waals surface area contributed by atoms with E-state index in [4.69, 9.17) is 4.74 Å². The number of carbonyl (C=O) groups is 3. The number of halogens is 2. The molecule has 2 amide bonds. The Kier molecular flexibility index (Phi) is 7.05. The number of amides is 2. The summed E-state index contributed by atoms with van der Waals surface area (Å²) >= 11 is 0. The Labute approximate surface area is 174 Å². The van der Waals surface area contributed by atoms with Gasteiger partial charge in [-0.05, 0) is 45.4 Å². The van der Waals surface area contributed by atoms with Gasteiger partial charge in [0.25, 0.3) is 5.92 Å². The van der Waals surface area contributed by atoms with Crippen molar-refractivity contribution in [1.82, 2.24) is 10.2 Å². The molecule has 7 nitrogen and oxygen atoms in total. The van der Waals surface area contributed by atoms with Crippen LogP contribution in [0.25, 0.3) is 0 Å². The molecule has 1 aliphatic rings. The Morgan fingerprint density at radius 3 is 2.33 bits per heavy atom. The highest BCUT2D eigenvalue weighted by Crippen LogP contribution is 2.33. The van der Waals surface area contributed by atoms with Crippen molar-refractivity contribution in [2.24, 2.45) is 0 Å². The molecular formula is C21H28F2N2O5. The molecule has 0 aliphatic carbocycles. The number of alkyl halides is 2. The molecule has 0 aromatic heterocycles. The first-order valence-corrected chi connectivity index (χ1v) is 9.69. The molecule has 0 bridgehead atoms. The van der Waals surface area contributed by atoms with Gasteiger partial charge in [-0.25, -0.2) is 18.4 Å². The number of ether oxygens (including phenoxy) is 2. The standard InChI is InChI=1S/C21H28F2N2O5/c1-13(14-6-8-15(9-7-14)18(27)29-5)24-17(26)16-12-21(22,23)10-11-25(16)19(28)30-20(2,3)4/h6-9,13,16H,10-12H2,1-5H3,(H,24,26)/t13-,16+/m0/s1. The summed E-state index contributed by atoms with van der Waals surface area (Å²) in [7, 11) is 1.27. The zero-order valence-corrected chi connectivity index (χ0v) is 17.8. The predicted octanol–water partition coefficient (Wildman–Crippen LogP) is 3.69. The summed E-state index contributed by atoms with van der Waals surface area (Å²) in [5.74, 6) is -4.23. The summed E-state index contributed by atoms with van der Waals surface area (Å²) in [6.45, 7) is 6.40. The Balaban J connectivity index is 2.13. The second-order valence-corrected chi connectivity index (χ2v) is 8.34. The Morgan fingerprint density at radius 2 is 1.80 bits per heavy atom. The molecule has 0 spiro atoms. The van der Waals surface area contributed by atoms with Crippen LogP contribution in [0, 0.1) is 0 Å². The van der Waals surface area contributed by atoms with Crippen LogP contribution < -0.4 is 5.32 Å². The lowest BCUT2D eigenvalue weighted by atomic mass is 9.97. The third-order valence-corrected chi connectivity index (χ3v) is 4.71. The molecule has 9 heteroatoms. The van der Waals surface area contributed by atoms with Crippen LogP contribution in [-0.4, -0.2) is 54.1 Å². The van der Waals surface area contributed by atoms with Crippen LogP contribution >= 0.6 is 0 Å². The van der Waals surface area contributed by atoms with E-state index in [0.717, 1.165) is 4.90 Å². The van der Waals surface area contributed by atoms with Crippen LogP contribution in [0.15, 0.2) is 24.3 Å². The van der Waals surface area contributed by atoms with Gasteiger partial charge < -0.3 is 14.8 Å². The lowest BCUT2D eigenvalue weighted by molar-refractivity contribution is -0.137. The number of benzene rings is 1. The number of esters is 1. The first-order valence-electron chi connectivity index (χ1n) is 9.69. The van der Waals surface area contributed by atoms with E-state index < -0.39 is 54.4 Å². The van der Waals surface area contributed by atoms with Gasteiger partial charge in [-0.1, -0.05) is 12.1 Å². The molecule has 1 aromatic carbocycles. The van der Waals surface area contributed by atoms with Gasteiger partial charge in [0, 0.05) is 19.4 Å². The van der Waals surface area contributed by atoms with Crippen LogP contribution in [0.2, 0.25) is 0 Å². The van der Waals surface area contributed by atoms with E-state index in [9.17, 15) is 23.2 Å². The van der Waals surface area contributed by atoms with Crippen molar-refractivity contribution in [3.8, 4) is 0 Å². The van der Waals surface area contributed by atoms with Gasteiger partial charge in [-0.2, -0.15) is 0 Å². The molecular weight excluding hydrogens is 398 g/mol. The van der Waals surface area contributed by atoms with Crippen molar-refractivity contribution < 1.29 is 32.6 Å². The molecule has 1 aromatic rings. The normalized spacial score (nSPS) is 19.6. The molecule has 166 valence electrons. The molecule has 1 fully saturated rings. The van der Waals surface area contributed by atoms with Crippen molar-refractivity contribution >= 4 is 18.0 Å². The van der Waals surface area contributed by atoms with Crippen LogP contribution in [0.4, 0.5) is 13.6 Å². The van der Waals surface area contributed by atoms with Crippen LogP contribution in [-0.2, 0) is 14.3 Å². The van der Waals surface area contributed by atoms with Gasteiger partial charge in [0.15, 0.2) is 0 Å². The SMILES string of the molecule is COC(=O)c1ccc([C@H](C)NC(=O)[C@H]2CC(F)(F)CCN2C(=O)OC(C)(C)C)cc1. The Hall–Kier alpha value is -2.71. The summed E-state index contributed by atoms with van der Waals surface area (Å²) in [4.78, 5) is 37.9. The highest BCUT2D eigenvalue weighted by Gasteiger charge is 2.46. The maximum Gasteiger partial charge on any atom is 0.410 e. The van der Waals surface area contributed by atoms with E-state index in [2.05, 4.69) is 10.1 Å². The van der Waals surface area contributed by atoms with Crippen LogP contribution in [0.5, 0.6) is 0 Å². The summed E-state index contributed by atoms with van der Waals surface area (Å²) < 4.78 is 37.9. The first kappa shape index (κ1) is 23.6. The van der Waals surface area contributed by atoms with Gasteiger partial charge in [0.2, 0.25) is 5.91 Å². The molecule has 1 heterocycles. The Bertz CT molecular complexity index is 790. The molecule has 0 unspecified atom stereocenters. The molecule has 2 atom stereocenters. The average molecular weight is 426 g/mol. The topological polar surface area (TPSA) is 84.9 Å². The lowest BCUT2D eigenvalue weighted by Gasteiger charge is -2.39. The molecule has 1 N–H and O–H groups in total. The van der Waals surface area contributed by atoms with Crippen molar-refractivity contribution in [2.45, 2.75) is 64.1 Å². The number of rotatable bonds is 4. The zero-order valence-electron chi connectivity index (χ0n) is 17.8. The van der Waals surface area contributed by atoms with E-state index in [1.54, 1.807) is 52.0 Å². The highest BCUT2D eigenvalue weighted by atomic mass is 19.3. The van der Waals surface area contributed by atoms with Gasteiger partial charge in [0.05, 0.1) is 18.7 Å². The molecule has 30 heavy (non-hydrogen) atoms. The van der Waals surface area contributed by atoms with Crippen LogP contribution in [0.3, 0.4) is 0 Å². The van der Waals surface area contributed by atoms with Crippen molar-refractivity contribution in [2.75, 3.05) is 13.7 Å². The quantitative estimate of drug-likeness (QED) is 0.743. The van der Waals surface area contributed by atoms with Crippen molar-refractivity contribution in [1.29, 1.82) is 0 Å². The lowest BCUT2D eigenvalue weighted by Crippen LogP contribution is -2.57. The fraction of sp³-hybridized carbons (Fsp3) is 0.571. The number of likely N-dealkylation sites (tertiary alicyclic amines) is 1. The number of nitrogens with one attached hydrogen (secondary N) is 1. The second kappa shape index (κ2) is 8.97. The molecule has 0 saturated carbocycles. The minimum atomic E-state index is -3.05. The van der Waals surface area contributed by atoms with E-state index in [1.807, 2.05) is 0 Å². The predicted molar refractivity (Wildman–Crippen MR) is 105 cm³/mol. The smallest absolute Gasteiger partial charge is 0.410 e.